The summed E-state index contributed by atoms with van der Waals surface area (Å²) in [7, 11) is 0. The molecule has 1 spiro atoms. The lowest BCUT2D eigenvalue weighted by molar-refractivity contribution is -0.316. The van der Waals surface area contributed by atoms with Crippen LogP contribution in [0.25, 0.3) is 5.57 Å². The second kappa shape index (κ2) is 5.09. The topological polar surface area (TPSA) is 52.2 Å². The molecule has 1 aromatic carbocycles. The maximum Gasteiger partial charge on any atom is 0.251 e. The summed E-state index contributed by atoms with van der Waals surface area (Å²) in [5, 5.41) is 16.0. The van der Waals surface area contributed by atoms with Gasteiger partial charge in [0.2, 0.25) is 0 Å². The highest BCUT2D eigenvalue weighted by Crippen LogP contribution is 2.40. The van der Waals surface area contributed by atoms with E-state index in [4.69, 9.17) is 0 Å². The number of hydrogen-bond donors (Lipinski definition) is 1. The molecule has 1 N–H and O–H groups in total. The molecule has 3 rings (SSSR count). The lowest BCUT2D eigenvalue weighted by atomic mass is 9.87. The molecule has 1 saturated heterocycles. The summed E-state index contributed by atoms with van der Waals surface area (Å²) in [5.74, 6) is 1.68. The van der Waals surface area contributed by atoms with Crippen molar-refractivity contribution in [1.29, 1.82) is 0 Å². The molecule has 0 radical (unpaired) electrons. The van der Waals surface area contributed by atoms with Crippen molar-refractivity contribution in [2.75, 3.05) is 11.5 Å². The van der Waals surface area contributed by atoms with E-state index in [-0.39, 0.29) is 11.7 Å². The van der Waals surface area contributed by atoms with Crippen LogP contribution in [-0.2, 0) is 4.79 Å². The number of hydrogen-bond acceptors (Lipinski definition) is 3. The van der Waals surface area contributed by atoms with E-state index in [0.29, 0.717) is 5.57 Å². The van der Waals surface area contributed by atoms with Crippen molar-refractivity contribution in [3.63, 3.8) is 0 Å². The van der Waals surface area contributed by atoms with Crippen LogP contribution in [-0.4, -0.2) is 23.0 Å². The summed E-state index contributed by atoms with van der Waals surface area (Å²) in [6, 6.07) is 4.08. The van der Waals surface area contributed by atoms with E-state index in [2.05, 4.69) is 5.32 Å². The van der Waals surface area contributed by atoms with E-state index in [9.17, 15) is 9.90 Å². The molecule has 21 heavy (non-hydrogen) atoms. The van der Waals surface area contributed by atoms with Crippen molar-refractivity contribution in [3.8, 4) is 0 Å². The van der Waals surface area contributed by atoms with Crippen LogP contribution in [0.4, 0.5) is 0 Å². The van der Waals surface area contributed by atoms with E-state index >= 15 is 0 Å². The molecule has 0 saturated carbocycles. The first-order valence-corrected chi connectivity index (χ1v) is 8.50. The molecule has 1 fully saturated rings. The van der Waals surface area contributed by atoms with Crippen molar-refractivity contribution in [1.82, 2.24) is 5.32 Å². The highest BCUT2D eigenvalue weighted by Gasteiger charge is 2.41. The molecule has 0 aromatic heterocycles. The molecule has 2 heterocycles. The molecule has 0 unspecified atom stereocenters. The maximum atomic E-state index is 13.0. The molecule has 112 valence electrons. The molecular formula is C17H20NO2S-. The Morgan fingerprint density at radius 3 is 2.29 bits per heavy atom. The van der Waals surface area contributed by atoms with Gasteiger partial charge >= 0.3 is 0 Å². The second-order valence-electron chi connectivity index (χ2n) is 6.13. The first-order valence-electron chi connectivity index (χ1n) is 7.35. The Morgan fingerprint density at radius 2 is 1.71 bits per heavy atom. The van der Waals surface area contributed by atoms with Crippen LogP contribution in [0.5, 0.6) is 0 Å². The van der Waals surface area contributed by atoms with Crippen LogP contribution in [0.3, 0.4) is 0 Å². The summed E-state index contributed by atoms with van der Waals surface area (Å²) >= 11 is 1.85. The molecule has 2 aliphatic rings. The van der Waals surface area contributed by atoms with Gasteiger partial charge in [0, 0.05) is 5.57 Å². The van der Waals surface area contributed by atoms with Crippen molar-refractivity contribution in [2.24, 2.45) is 0 Å². The standard InChI is InChI=1S/C17H21NO2S/c1-10-8-11(2)13(12(3)9-10)14-15(19)17(18-16(14)20)4-6-21-7-5-17/h8-9,19H,4-7H2,1-3H3,(H,18,20)/p-1. The predicted octanol–water partition coefficient (Wildman–Crippen LogP) is 2.08. The predicted molar refractivity (Wildman–Crippen MR) is 85.0 cm³/mol. The number of benzene rings is 1. The lowest BCUT2D eigenvalue weighted by Gasteiger charge is -2.39. The minimum Gasteiger partial charge on any atom is -0.873 e. The average Bonchev–Trinajstić information content (AvgIpc) is 2.63. The van der Waals surface area contributed by atoms with Crippen LogP contribution < -0.4 is 10.4 Å². The fourth-order valence-corrected chi connectivity index (χ4v) is 4.74. The summed E-state index contributed by atoms with van der Waals surface area (Å²) in [6.07, 6.45) is 1.49. The van der Waals surface area contributed by atoms with E-state index in [1.807, 2.05) is 44.7 Å². The zero-order chi connectivity index (χ0) is 15.2. The number of nitrogens with one attached hydrogen (secondary N) is 1. The van der Waals surface area contributed by atoms with Gasteiger partial charge in [-0.25, -0.2) is 0 Å². The van der Waals surface area contributed by atoms with Gasteiger partial charge in [0.05, 0.1) is 5.54 Å². The number of thioether (sulfide) groups is 1. The zero-order valence-electron chi connectivity index (χ0n) is 12.7. The van der Waals surface area contributed by atoms with Gasteiger partial charge in [0.25, 0.3) is 5.91 Å². The van der Waals surface area contributed by atoms with Gasteiger partial charge in [0.1, 0.15) is 0 Å². The Morgan fingerprint density at radius 1 is 1.14 bits per heavy atom. The normalized spacial score (nSPS) is 21.0. The molecule has 0 atom stereocenters. The number of amides is 1. The molecule has 0 aliphatic carbocycles. The van der Waals surface area contributed by atoms with Gasteiger partial charge in [-0.1, -0.05) is 23.5 Å². The minimum absolute atomic E-state index is 0.00264. The number of carbonyl (C=O) groups excluding carboxylic acids is 1. The zero-order valence-corrected chi connectivity index (χ0v) is 13.5. The van der Waals surface area contributed by atoms with Crippen molar-refractivity contribution in [3.05, 3.63) is 40.1 Å². The van der Waals surface area contributed by atoms with E-state index in [1.54, 1.807) is 0 Å². The smallest absolute Gasteiger partial charge is 0.251 e. The molecular weight excluding hydrogens is 282 g/mol. The van der Waals surface area contributed by atoms with Crippen LogP contribution in [0.15, 0.2) is 17.9 Å². The lowest BCUT2D eigenvalue weighted by Crippen LogP contribution is -2.49. The van der Waals surface area contributed by atoms with Crippen molar-refractivity contribution < 1.29 is 9.90 Å². The summed E-state index contributed by atoms with van der Waals surface area (Å²) in [4.78, 5) is 12.5. The molecule has 1 amide bonds. The SMILES string of the molecule is Cc1cc(C)c(C2=C([O-])C3(CCSCC3)NC2=O)c(C)c1. The quantitative estimate of drug-likeness (QED) is 0.864. The Labute approximate surface area is 129 Å². The van der Waals surface area contributed by atoms with Crippen LogP contribution in [0.2, 0.25) is 0 Å². The van der Waals surface area contributed by atoms with Gasteiger partial charge in [-0.2, -0.15) is 11.8 Å². The number of carbonyl (C=O) groups is 1. The third-order valence-corrected chi connectivity index (χ3v) is 5.50. The van der Waals surface area contributed by atoms with Crippen LogP contribution in [0.1, 0.15) is 35.1 Å². The Kier molecular flexibility index (Phi) is 3.52. The van der Waals surface area contributed by atoms with Crippen LogP contribution in [0, 0.1) is 20.8 Å². The largest absolute Gasteiger partial charge is 0.873 e. The van der Waals surface area contributed by atoms with Gasteiger partial charge < -0.3 is 10.4 Å². The van der Waals surface area contributed by atoms with Gasteiger partial charge in [-0.15, -0.1) is 0 Å². The molecule has 0 bridgehead atoms. The summed E-state index contributed by atoms with van der Waals surface area (Å²) in [5.41, 5.74) is 3.74. The highest BCUT2D eigenvalue weighted by atomic mass is 32.2. The highest BCUT2D eigenvalue weighted by molar-refractivity contribution is 7.99. The van der Waals surface area contributed by atoms with E-state index in [0.717, 1.165) is 46.6 Å². The van der Waals surface area contributed by atoms with Gasteiger partial charge in [-0.3, -0.25) is 4.79 Å². The third kappa shape index (κ3) is 2.26. The first-order chi connectivity index (χ1) is 9.94. The fourth-order valence-electron chi connectivity index (χ4n) is 3.55. The Bertz CT molecular complexity index is 619. The fraction of sp³-hybridized carbons (Fsp3) is 0.471. The van der Waals surface area contributed by atoms with E-state index < -0.39 is 5.54 Å². The second-order valence-corrected chi connectivity index (χ2v) is 7.35. The summed E-state index contributed by atoms with van der Waals surface area (Å²) < 4.78 is 0. The minimum atomic E-state index is -0.637. The monoisotopic (exact) mass is 302 g/mol. The molecule has 3 nitrogen and oxygen atoms in total. The Hall–Kier alpha value is -1.42. The van der Waals surface area contributed by atoms with Crippen LogP contribution >= 0.6 is 11.8 Å². The average molecular weight is 302 g/mol. The van der Waals surface area contributed by atoms with Gasteiger partial charge in [-0.05, 0) is 61.8 Å². The molecule has 1 aromatic rings. The number of rotatable bonds is 1. The van der Waals surface area contributed by atoms with Crippen molar-refractivity contribution >= 4 is 23.2 Å². The third-order valence-electron chi connectivity index (χ3n) is 4.51. The maximum absolute atomic E-state index is 13.0. The first kappa shape index (κ1) is 14.5. The number of aryl methyl sites for hydroxylation is 3. The van der Waals surface area contributed by atoms with Crippen molar-refractivity contribution in [2.45, 2.75) is 39.2 Å². The summed E-state index contributed by atoms with van der Waals surface area (Å²) in [6.45, 7) is 5.99. The molecule has 2 aliphatic heterocycles. The Balaban J connectivity index is 2.15. The van der Waals surface area contributed by atoms with E-state index in [1.165, 1.54) is 0 Å². The molecule has 4 heteroatoms. The van der Waals surface area contributed by atoms with Gasteiger partial charge in [0.15, 0.2) is 0 Å².